The molecule has 0 unspecified atom stereocenters. The molecule has 0 radical (unpaired) electrons. The van der Waals surface area contributed by atoms with E-state index in [4.69, 9.17) is 4.74 Å². The van der Waals surface area contributed by atoms with Crippen molar-refractivity contribution >= 4 is 33.6 Å². The van der Waals surface area contributed by atoms with Crippen LogP contribution in [0.1, 0.15) is 57.3 Å². The first kappa shape index (κ1) is 25.3. The smallest absolute Gasteiger partial charge is 0.303 e. The van der Waals surface area contributed by atoms with Crippen molar-refractivity contribution in [2.45, 2.75) is 77.6 Å². The molecule has 11 nitrogen and oxygen atoms in total. The van der Waals surface area contributed by atoms with Crippen molar-refractivity contribution in [3.05, 3.63) is 23.3 Å². The number of H-pyrrole nitrogens is 1. The van der Waals surface area contributed by atoms with Crippen LogP contribution in [0.2, 0.25) is 0 Å². The number of anilines is 3. The first-order valence-corrected chi connectivity index (χ1v) is 13.4. The summed E-state index contributed by atoms with van der Waals surface area (Å²) < 4.78 is 47.4. The summed E-state index contributed by atoms with van der Waals surface area (Å²) in [6, 6.07) is 1.53. The molecule has 2 aromatic heterocycles. The van der Waals surface area contributed by atoms with Crippen LogP contribution in [0.4, 0.5) is 22.0 Å². The van der Waals surface area contributed by atoms with Crippen LogP contribution >= 0.6 is 0 Å². The summed E-state index contributed by atoms with van der Waals surface area (Å²) >= 11 is 0. The van der Waals surface area contributed by atoms with Crippen LogP contribution in [0, 0.1) is 12.7 Å². The molecule has 2 saturated heterocycles. The number of fused-ring (bicyclic) bond motifs is 2. The Kier molecular flexibility index (Phi) is 7.27. The predicted octanol–water partition coefficient (Wildman–Crippen LogP) is 2.63. The van der Waals surface area contributed by atoms with Crippen molar-refractivity contribution in [1.82, 2.24) is 24.5 Å². The van der Waals surface area contributed by atoms with Crippen LogP contribution in [-0.2, 0) is 26.2 Å². The van der Waals surface area contributed by atoms with E-state index in [9.17, 15) is 13.2 Å². The van der Waals surface area contributed by atoms with Gasteiger partial charge in [0.2, 0.25) is 16.0 Å². The van der Waals surface area contributed by atoms with Gasteiger partial charge >= 0.3 is 5.97 Å². The molecule has 35 heavy (non-hydrogen) atoms. The summed E-state index contributed by atoms with van der Waals surface area (Å²) in [5, 5.41) is 9.73. The monoisotopic (exact) mass is 509 g/mol. The summed E-state index contributed by atoms with van der Waals surface area (Å²) in [5.74, 6) is -0.625. The number of hydrogen-bond donors (Lipinski definition) is 2. The molecular weight excluding hydrogens is 477 g/mol. The molecule has 2 fully saturated rings. The number of ether oxygens (including phenoxy) is 1. The van der Waals surface area contributed by atoms with Crippen LogP contribution < -0.4 is 10.2 Å². The maximum atomic E-state index is 15.2. The molecule has 4 rings (SSSR count). The number of hydrogen-bond acceptors (Lipinski definition) is 9. The van der Waals surface area contributed by atoms with Gasteiger partial charge in [0, 0.05) is 43.9 Å². The number of aromatic nitrogens is 4. The number of carbonyl (C=O) groups is 1. The molecule has 0 amide bonds. The molecule has 2 aliphatic heterocycles. The van der Waals surface area contributed by atoms with E-state index in [0.29, 0.717) is 18.7 Å². The van der Waals surface area contributed by atoms with E-state index in [1.165, 1.54) is 6.92 Å². The molecule has 0 spiro atoms. The van der Waals surface area contributed by atoms with Crippen LogP contribution in [0.5, 0.6) is 0 Å². The third kappa shape index (κ3) is 5.40. The predicted molar refractivity (Wildman–Crippen MR) is 128 cm³/mol. The number of nitrogens with zero attached hydrogens (tertiary/aromatic N) is 5. The molecule has 2 N–H and O–H groups in total. The highest BCUT2D eigenvalue weighted by atomic mass is 32.2. The van der Waals surface area contributed by atoms with E-state index in [0.717, 1.165) is 25.0 Å². The lowest BCUT2D eigenvalue weighted by molar-refractivity contribution is -0.142. The average Bonchev–Trinajstić information content (AvgIpc) is 3.22. The largest absolute Gasteiger partial charge is 0.459 e. The fourth-order valence-corrected chi connectivity index (χ4v) is 6.57. The summed E-state index contributed by atoms with van der Waals surface area (Å²) in [4.78, 5) is 22.0. The number of carbonyl (C=O) groups excluding carboxylic acids is 1. The minimum atomic E-state index is -3.30. The SMILES string of the molecule is CCS(=O)(=O)N1[C@@H]2CCC[C@H]1C[C@@H](N(C)c1nc(COC(C)=O)c(F)c(Nc3cc(C)[nH]n3)n1)C2. The van der Waals surface area contributed by atoms with Crippen molar-refractivity contribution in [2.24, 2.45) is 0 Å². The van der Waals surface area contributed by atoms with Crippen molar-refractivity contribution in [3.63, 3.8) is 0 Å². The van der Waals surface area contributed by atoms with E-state index in [1.807, 2.05) is 18.9 Å². The number of aryl methyl sites for hydroxylation is 1. The van der Waals surface area contributed by atoms with Gasteiger partial charge < -0.3 is 15.0 Å². The Morgan fingerprint density at radius 2 is 2.00 bits per heavy atom. The van der Waals surface area contributed by atoms with Crippen LogP contribution in [0.15, 0.2) is 6.07 Å². The van der Waals surface area contributed by atoms with Crippen LogP contribution in [0.3, 0.4) is 0 Å². The van der Waals surface area contributed by atoms with Gasteiger partial charge in [0.15, 0.2) is 17.5 Å². The van der Waals surface area contributed by atoms with Gasteiger partial charge in [-0.3, -0.25) is 9.89 Å². The Morgan fingerprint density at radius 1 is 1.31 bits per heavy atom. The second kappa shape index (κ2) is 10.1. The van der Waals surface area contributed by atoms with Crippen LogP contribution in [0.25, 0.3) is 0 Å². The number of sulfonamides is 1. The Hall–Kier alpha value is -2.80. The van der Waals surface area contributed by atoms with E-state index in [1.54, 1.807) is 17.3 Å². The molecule has 3 atom stereocenters. The first-order valence-electron chi connectivity index (χ1n) is 11.8. The van der Waals surface area contributed by atoms with Gasteiger partial charge in [-0.05, 0) is 39.5 Å². The third-order valence-corrected chi connectivity index (χ3v) is 8.67. The summed E-state index contributed by atoms with van der Waals surface area (Å²) in [6.45, 7) is 4.41. The Labute approximate surface area is 204 Å². The summed E-state index contributed by atoms with van der Waals surface area (Å²) in [5.41, 5.74) is 0.734. The molecule has 2 bridgehead atoms. The molecule has 13 heteroatoms. The molecule has 2 aromatic rings. The fraction of sp³-hybridized carbons (Fsp3) is 0.636. The van der Waals surface area contributed by atoms with Crippen LogP contribution in [-0.4, -0.2) is 69.8 Å². The van der Waals surface area contributed by atoms with E-state index in [2.05, 4.69) is 25.5 Å². The maximum absolute atomic E-state index is 15.2. The lowest BCUT2D eigenvalue weighted by Crippen LogP contribution is -2.58. The molecule has 0 aliphatic carbocycles. The highest BCUT2D eigenvalue weighted by Gasteiger charge is 2.45. The number of aromatic amines is 1. The van der Waals surface area contributed by atoms with Gasteiger partial charge in [-0.15, -0.1) is 0 Å². The lowest BCUT2D eigenvalue weighted by atomic mass is 9.83. The zero-order valence-electron chi connectivity index (χ0n) is 20.4. The molecule has 2 aliphatic rings. The topological polar surface area (TPSA) is 133 Å². The number of nitrogens with one attached hydrogen (secondary N) is 2. The normalized spacial score (nSPS) is 22.6. The van der Waals surface area contributed by atoms with Gasteiger partial charge in [0.05, 0.1) is 5.75 Å². The van der Waals surface area contributed by atoms with Gasteiger partial charge in [-0.2, -0.15) is 14.4 Å². The third-order valence-electron chi connectivity index (χ3n) is 6.70. The summed E-state index contributed by atoms with van der Waals surface area (Å²) in [7, 11) is -1.47. The fourth-order valence-electron chi connectivity index (χ4n) is 4.98. The first-order chi connectivity index (χ1) is 16.6. The maximum Gasteiger partial charge on any atom is 0.303 e. The second-order valence-corrected chi connectivity index (χ2v) is 11.3. The van der Waals surface area contributed by atoms with Gasteiger partial charge in [-0.25, -0.2) is 17.8 Å². The van der Waals surface area contributed by atoms with E-state index < -0.39 is 21.8 Å². The van der Waals surface area contributed by atoms with Crippen molar-refractivity contribution in [2.75, 3.05) is 23.0 Å². The quantitative estimate of drug-likeness (QED) is 0.515. The lowest BCUT2D eigenvalue weighted by Gasteiger charge is -2.49. The molecule has 4 heterocycles. The Morgan fingerprint density at radius 3 is 2.57 bits per heavy atom. The summed E-state index contributed by atoms with van der Waals surface area (Å²) in [6.07, 6.45) is 3.89. The minimum absolute atomic E-state index is 0.0267. The van der Waals surface area contributed by atoms with Gasteiger partial charge in [-0.1, -0.05) is 6.42 Å². The number of piperidine rings is 2. The zero-order valence-corrected chi connectivity index (χ0v) is 21.2. The van der Waals surface area contributed by atoms with Gasteiger partial charge in [0.25, 0.3) is 0 Å². The number of halogens is 1. The Bertz CT molecular complexity index is 1170. The standard InChI is InChI=1S/C22H32FN7O4S/c1-5-35(32,33)30-15-7-6-8-16(30)11-17(10-15)29(4)22-24-18(12-34-14(3)31)20(23)21(26-22)25-19-9-13(2)27-28-19/h9,15-17H,5-8,10-12H2,1-4H3,(H2,24,25,26,27,28)/t15-,16+,17+. The molecule has 0 saturated carbocycles. The molecule has 0 aromatic carbocycles. The zero-order chi connectivity index (χ0) is 25.3. The minimum Gasteiger partial charge on any atom is -0.459 e. The van der Waals surface area contributed by atoms with Gasteiger partial charge in [0.1, 0.15) is 12.3 Å². The molecular formula is C22H32FN7O4S. The van der Waals surface area contributed by atoms with E-state index in [-0.39, 0.29) is 47.9 Å². The van der Waals surface area contributed by atoms with Crippen molar-refractivity contribution < 1.29 is 22.3 Å². The van der Waals surface area contributed by atoms with Crippen molar-refractivity contribution in [3.8, 4) is 0 Å². The van der Waals surface area contributed by atoms with E-state index >= 15 is 4.39 Å². The number of rotatable bonds is 8. The Balaban J connectivity index is 1.63. The molecule has 192 valence electrons. The highest BCUT2D eigenvalue weighted by molar-refractivity contribution is 7.89. The van der Waals surface area contributed by atoms with Crippen molar-refractivity contribution in [1.29, 1.82) is 0 Å². The second-order valence-electron chi connectivity index (χ2n) is 9.18. The average molecular weight is 510 g/mol. The highest BCUT2D eigenvalue weighted by Crippen LogP contribution is 2.38. The number of esters is 1.